The molecule has 0 aromatic heterocycles. The molecule has 0 radical (unpaired) electrons. The molecule has 4 aliphatic rings. The minimum atomic E-state index is -3.36. The number of amides is 2. The van der Waals surface area contributed by atoms with Gasteiger partial charge in [-0.05, 0) is 80.8 Å². The number of methoxy groups -OCH3 is 1. The Morgan fingerprint density at radius 3 is 2.41 bits per heavy atom. The van der Waals surface area contributed by atoms with Crippen molar-refractivity contribution in [3.8, 4) is 16.9 Å². The number of likely N-dealkylation sites (N-methyl/N-ethyl adjacent to an activating group) is 1. The van der Waals surface area contributed by atoms with Crippen LogP contribution in [0.4, 0.5) is 5.69 Å². The van der Waals surface area contributed by atoms with Gasteiger partial charge in [0.25, 0.3) is 5.91 Å². The maximum Gasteiger partial charge on any atom is 0.251 e. The van der Waals surface area contributed by atoms with Crippen LogP contribution in [0, 0.1) is 29.1 Å². The summed E-state index contributed by atoms with van der Waals surface area (Å²) in [6.45, 7) is 9.24. The average Bonchev–Trinajstić information content (AvgIpc) is 3.46. The number of anilines is 1. The summed E-state index contributed by atoms with van der Waals surface area (Å²) in [5.74, 6) is 0.684. The number of carbonyl (C=O) groups excluding carboxylic acids is 2. The summed E-state index contributed by atoms with van der Waals surface area (Å²) < 4.78 is 30.4. The first kappa shape index (κ1) is 41.9. The van der Waals surface area contributed by atoms with Crippen molar-refractivity contribution in [3.63, 3.8) is 0 Å². The van der Waals surface area contributed by atoms with E-state index in [0.29, 0.717) is 46.7 Å². The van der Waals surface area contributed by atoms with Gasteiger partial charge in [0.15, 0.2) is 0 Å². The minimum Gasteiger partial charge on any atom is -0.496 e. The van der Waals surface area contributed by atoms with Gasteiger partial charge >= 0.3 is 0 Å². The maximum absolute atomic E-state index is 14.3. The largest absolute Gasteiger partial charge is 0.496 e. The Kier molecular flexibility index (Phi) is 12.8. The van der Waals surface area contributed by atoms with Crippen LogP contribution in [-0.4, -0.2) is 126 Å². The number of nitrogens with one attached hydrogen (secondary N) is 2. The Morgan fingerprint density at radius 1 is 1.15 bits per heavy atom. The number of aliphatic hydroxyl groups excluding tert-OH is 1. The topological polar surface area (TPSA) is 167 Å². The van der Waals surface area contributed by atoms with E-state index in [9.17, 15) is 23.1 Å². The maximum atomic E-state index is 14.3. The van der Waals surface area contributed by atoms with Crippen LogP contribution in [0.15, 0.2) is 36.4 Å². The highest BCUT2D eigenvalue weighted by Gasteiger charge is 2.57. The number of nitrogens with zero attached hydrogens (tertiary/aromatic N) is 3. The second-order valence-electron chi connectivity index (χ2n) is 17.0. The molecule has 0 spiro atoms. The zero-order valence-electron chi connectivity index (χ0n) is 33.6. The molecule has 54 heavy (non-hydrogen) atoms. The standard InChI is InChI=1S/C40H62N6O7S/c1-23-32-17-28(40(32,3)4)18-33(23)43-39(49)36-35(24(2)47)34(19-41)53-46(36)20-25-12-11-13-31(37(25)52-9)26-14-27(16-30(15-26)45(7)8)38(48)42-29(21-44(5)6)22-54(10,50)51/h11-16,23-24,28-29,32-36,47H,17-22,41H2,1-10H3,(H,42,48)(H,43,49)/t23-,24-,28+,29+,32-,33-,34-,35+,36-/m0/s1. The summed E-state index contributed by atoms with van der Waals surface area (Å²) in [5, 5.41) is 18.9. The number of hydroxylamine groups is 2. The first-order chi connectivity index (χ1) is 25.2. The van der Waals surface area contributed by atoms with Crippen LogP contribution >= 0.6 is 0 Å². The molecule has 4 fully saturated rings. The van der Waals surface area contributed by atoms with E-state index in [1.165, 1.54) is 6.42 Å². The Balaban J connectivity index is 1.46. The van der Waals surface area contributed by atoms with E-state index >= 15 is 0 Å². The number of hydrogen-bond donors (Lipinski definition) is 4. The number of ether oxygens (including phenoxy) is 1. The van der Waals surface area contributed by atoms with Gasteiger partial charge in [-0.3, -0.25) is 14.4 Å². The molecule has 0 unspecified atom stereocenters. The van der Waals surface area contributed by atoms with Crippen molar-refractivity contribution in [2.24, 2.45) is 34.8 Å². The number of hydrogen-bond acceptors (Lipinski definition) is 11. The van der Waals surface area contributed by atoms with E-state index in [-0.39, 0.29) is 36.2 Å². The predicted octanol–water partition coefficient (Wildman–Crippen LogP) is 2.76. The van der Waals surface area contributed by atoms with Gasteiger partial charge in [0.1, 0.15) is 21.6 Å². The third kappa shape index (κ3) is 8.89. The summed E-state index contributed by atoms with van der Waals surface area (Å²) >= 11 is 0. The zero-order chi connectivity index (χ0) is 39.9. The van der Waals surface area contributed by atoms with Crippen molar-refractivity contribution >= 4 is 27.3 Å². The summed E-state index contributed by atoms with van der Waals surface area (Å²) in [6, 6.07) is 9.84. The fraction of sp³-hybridized carbons (Fsp3) is 0.650. The van der Waals surface area contributed by atoms with Crippen LogP contribution in [0.2, 0.25) is 0 Å². The van der Waals surface area contributed by atoms with E-state index in [2.05, 4.69) is 31.4 Å². The lowest BCUT2D eigenvalue weighted by Gasteiger charge is -2.62. The quantitative estimate of drug-likeness (QED) is 0.211. The lowest BCUT2D eigenvalue weighted by molar-refractivity contribution is -0.175. The third-order valence-corrected chi connectivity index (χ3v) is 13.2. The van der Waals surface area contributed by atoms with Gasteiger partial charge < -0.3 is 36.0 Å². The molecule has 14 heteroatoms. The molecule has 2 aromatic rings. The summed E-state index contributed by atoms with van der Waals surface area (Å²) in [5.41, 5.74) is 9.75. The van der Waals surface area contributed by atoms with Crippen LogP contribution in [0.5, 0.6) is 5.75 Å². The zero-order valence-corrected chi connectivity index (χ0v) is 34.4. The highest BCUT2D eigenvalue weighted by Crippen LogP contribution is 2.61. The van der Waals surface area contributed by atoms with E-state index in [4.69, 9.17) is 15.3 Å². The molecule has 6 rings (SSSR count). The van der Waals surface area contributed by atoms with E-state index < -0.39 is 46.0 Å². The van der Waals surface area contributed by atoms with Crippen molar-refractivity contribution in [3.05, 3.63) is 47.5 Å². The first-order valence-corrected chi connectivity index (χ1v) is 21.1. The van der Waals surface area contributed by atoms with E-state index in [1.807, 2.05) is 62.3 Å². The van der Waals surface area contributed by atoms with Crippen LogP contribution in [0.1, 0.15) is 56.5 Å². The monoisotopic (exact) mass is 770 g/mol. The van der Waals surface area contributed by atoms with Crippen LogP contribution in [0.25, 0.3) is 11.1 Å². The number of carbonyl (C=O) groups is 2. The fourth-order valence-electron chi connectivity index (χ4n) is 9.25. The number of benzene rings is 2. The van der Waals surface area contributed by atoms with Crippen molar-refractivity contribution in [2.45, 2.75) is 77.4 Å². The Bertz CT molecular complexity index is 1780. The molecule has 300 valence electrons. The molecule has 5 N–H and O–H groups in total. The SMILES string of the molecule is COc1c(CN2O[C@@H](CN)[C@@H]([C@H](C)O)[C@H]2C(=O)N[C@H]2C[C@H]3C[C@@H]([C@@H]2C)C3(C)C)cccc1-c1cc(C(=O)N[C@H](CN(C)C)CS(C)(=O)=O)cc(N(C)C)c1. The van der Waals surface area contributed by atoms with Gasteiger partial charge in [-0.15, -0.1) is 0 Å². The van der Waals surface area contributed by atoms with Gasteiger partial charge in [0, 0.05) is 67.8 Å². The highest BCUT2D eigenvalue weighted by atomic mass is 32.2. The molecule has 13 nitrogen and oxygen atoms in total. The molecular formula is C40H62N6O7S. The molecule has 9 atom stereocenters. The third-order valence-electron chi connectivity index (χ3n) is 12.2. The molecule has 1 aliphatic heterocycles. The number of para-hydroxylation sites is 1. The van der Waals surface area contributed by atoms with Crippen molar-refractivity contribution in [1.82, 2.24) is 20.6 Å². The molecular weight excluding hydrogens is 709 g/mol. The summed E-state index contributed by atoms with van der Waals surface area (Å²) in [7, 11) is 5.64. The molecule has 2 bridgehead atoms. The van der Waals surface area contributed by atoms with Gasteiger partial charge in [-0.2, -0.15) is 5.06 Å². The van der Waals surface area contributed by atoms with E-state index in [1.54, 1.807) is 31.2 Å². The Labute approximate surface area is 321 Å². The van der Waals surface area contributed by atoms with Gasteiger partial charge in [0.2, 0.25) is 5.91 Å². The molecule has 1 heterocycles. The lowest BCUT2D eigenvalue weighted by Crippen LogP contribution is -2.62. The summed E-state index contributed by atoms with van der Waals surface area (Å²) in [6.07, 6.45) is 1.87. The second-order valence-corrected chi connectivity index (χ2v) is 19.2. The molecule has 1 saturated heterocycles. The van der Waals surface area contributed by atoms with Crippen LogP contribution < -0.4 is 26.0 Å². The van der Waals surface area contributed by atoms with Gasteiger partial charge in [-0.1, -0.05) is 39.0 Å². The Hall–Kier alpha value is -3.27. The molecule has 2 aromatic carbocycles. The number of sulfone groups is 1. The minimum absolute atomic E-state index is 0.0421. The normalized spacial score (nSPS) is 27.5. The predicted molar refractivity (Wildman–Crippen MR) is 212 cm³/mol. The van der Waals surface area contributed by atoms with Gasteiger partial charge in [-0.25, -0.2) is 8.42 Å². The van der Waals surface area contributed by atoms with Crippen molar-refractivity contribution < 1.29 is 32.7 Å². The molecule has 3 saturated carbocycles. The number of nitrogens with two attached hydrogens (primary N) is 1. The van der Waals surface area contributed by atoms with E-state index in [0.717, 1.165) is 23.9 Å². The summed E-state index contributed by atoms with van der Waals surface area (Å²) in [4.78, 5) is 38.1. The van der Waals surface area contributed by atoms with Crippen molar-refractivity contribution in [1.29, 1.82) is 0 Å². The lowest BCUT2D eigenvalue weighted by atomic mass is 9.45. The smallest absolute Gasteiger partial charge is 0.251 e. The van der Waals surface area contributed by atoms with Crippen LogP contribution in [-0.2, 0) is 26.0 Å². The number of fused-ring (bicyclic) bond motifs is 2. The first-order valence-electron chi connectivity index (χ1n) is 19.0. The molecule has 2 amide bonds. The van der Waals surface area contributed by atoms with Gasteiger partial charge in [0.05, 0.1) is 37.7 Å². The van der Waals surface area contributed by atoms with Crippen LogP contribution in [0.3, 0.4) is 0 Å². The fourth-order valence-corrected chi connectivity index (χ4v) is 10.2. The molecule has 3 aliphatic carbocycles. The Morgan fingerprint density at radius 2 is 1.85 bits per heavy atom. The number of rotatable bonds is 15. The number of aliphatic hydroxyl groups is 1. The average molecular weight is 771 g/mol. The van der Waals surface area contributed by atoms with Crippen molar-refractivity contribution in [2.75, 3.05) is 65.3 Å². The second kappa shape index (κ2) is 16.4. The highest BCUT2D eigenvalue weighted by molar-refractivity contribution is 7.90.